The number of nitrogens with zero attached hydrogens (tertiary/aromatic N) is 5. The SMILES string of the molecule is CCC1CC([C@@H]2c3c(cnn3C)[C@@H]3CN2C(=O)N3OCc2ccccc2)=NO1. The maximum atomic E-state index is 13.2. The number of hydroxylamine groups is 2. The Hall–Kier alpha value is -2.87. The number of hydrogen-bond donors (Lipinski definition) is 0. The fourth-order valence-corrected chi connectivity index (χ4v) is 4.27. The molecule has 1 saturated heterocycles. The van der Waals surface area contributed by atoms with Crippen molar-refractivity contribution >= 4 is 11.7 Å². The summed E-state index contributed by atoms with van der Waals surface area (Å²) in [7, 11) is 1.91. The van der Waals surface area contributed by atoms with Gasteiger partial charge in [-0.25, -0.2) is 4.79 Å². The van der Waals surface area contributed by atoms with Gasteiger partial charge in [-0.05, 0) is 12.0 Å². The van der Waals surface area contributed by atoms with Gasteiger partial charge in [0, 0.05) is 19.0 Å². The molecule has 8 heteroatoms. The van der Waals surface area contributed by atoms with E-state index in [-0.39, 0.29) is 24.2 Å². The molecule has 146 valence electrons. The van der Waals surface area contributed by atoms with Crippen LogP contribution in [0.15, 0.2) is 41.7 Å². The molecule has 8 nitrogen and oxygen atoms in total. The number of carbonyl (C=O) groups is 1. The van der Waals surface area contributed by atoms with Gasteiger partial charge in [0.05, 0.1) is 24.1 Å². The van der Waals surface area contributed by atoms with Crippen LogP contribution in [0.3, 0.4) is 0 Å². The normalized spacial score (nSPS) is 25.7. The van der Waals surface area contributed by atoms with Gasteiger partial charge in [0.25, 0.3) is 0 Å². The lowest BCUT2D eigenvalue weighted by atomic mass is 9.92. The third kappa shape index (κ3) is 2.59. The molecule has 1 aromatic carbocycles. The first kappa shape index (κ1) is 17.2. The van der Waals surface area contributed by atoms with Gasteiger partial charge in [-0.1, -0.05) is 42.4 Å². The molecule has 3 atom stereocenters. The summed E-state index contributed by atoms with van der Waals surface area (Å²) in [4.78, 5) is 26.6. The Morgan fingerprint density at radius 3 is 2.86 bits per heavy atom. The molecule has 1 unspecified atom stereocenters. The largest absolute Gasteiger partial charge is 0.392 e. The fourth-order valence-electron chi connectivity index (χ4n) is 4.27. The van der Waals surface area contributed by atoms with Gasteiger partial charge in [0.1, 0.15) is 24.8 Å². The fraction of sp³-hybridized carbons (Fsp3) is 0.450. The maximum Gasteiger partial charge on any atom is 0.345 e. The predicted octanol–water partition coefficient (Wildman–Crippen LogP) is 2.94. The first-order chi connectivity index (χ1) is 13.7. The number of oxime groups is 1. The summed E-state index contributed by atoms with van der Waals surface area (Å²) in [5.41, 5.74) is 3.92. The highest BCUT2D eigenvalue weighted by atomic mass is 16.7. The molecule has 0 radical (unpaired) electrons. The van der Waals surface area contributed by atoms with Crippen molar-refractivity contribution in [2.24, 2.45) is 12.2 Å². The third-order valence-corrected chi connectivity index (χ3v) is 5.77. The minimum Gasteiger partial charge on any atom is -0.392 e. The van der Waals surface area contributed by atoms with Crippen LogP contribution < -0.4 is 0 Å². The van der Waals surface area contributed by atoms with E-state index >= 15 is 0 Å². The number of aromatic nitrogens is 2. The highest BCUT2D eigenvalue weighted by molar-refractivity contribution is 5.95. The quantitative estimate of drug-likeness (QED) is 0.798. The zero-order valence-corrected chi connectivity index (χ0v) is 16.0. The summed E-state index contributed by atoms with van der Waals surface area (Å²) >= 11 is 0. The van der Waals surface area contributed by atoms with Crippen LogP contribution in [0.2, 0.25) is 0 Å². The number of fused-ring (bicyclic) bond motifs is 4. The van der Waals surface area contributed by atoms with Crippen molar-refractivity contribution in [3.63, 3.8) is 0 Å². The molecule has 2 aromatic rings. The number of rotatable bonds is 5. The molecule has 1 aromatic heterocycles. The highest BCUT2D eigenvalue weighted by Gasteiger charge is 2.52. The Labute approximate surface area is 163 Å². The molecule has 0 N–H and O–H groups in total. The molecule has 3 aliphatic heterocycles. The van der Waals surface area contributed by atoms with Gasteiger partial charge in [-0.15, -0.1) is 0 Å². The van der Waals surface area contributed by atoms with Crippen molar-refractivity contribution in [3.8, 4) is 0 Å². The Kier molecular flexibility index (Phi) is 4.08. The van der Waals surface area contributed by atoms with Gasteiger partial charge >= 0.3 is 6.03 Å². The maximum absolute atomic E-state index is 13.2. The summed E-state index contributed by atoms with van der Waals surface area (Å²) in [6.07, 6.45) is 3.54. The van der Waals surface area contributed by atoms with E-state index in [1.54, 1.807) is 0 Å². The zero-order chi connectivity index (χ0) is 19.3. The monoisotopic (exact) mass is 381 g/mol. The Balaban J connectivity index is 1.45. The van der Waals surface area contributed by atoms with Gasteiger partial charge in [0.2, 0.25) is 0 Å². The van der Waals surface area contributed by atoms with Crippen LogP contribution in [0.5, 0.6) is 0 Å². The van der Waals surface area contributed by atoms with Crippen molar-refractivity contribution in [1.82, 2.24) is 19.7 Å². The Bertz CT molecular complexity index is 925. The minimum atomic E-state index is -0.256. The van der Waals surface area contributed by atoms with Crippen LogP contribution in [0.1, 0.15) is 48.7 Å². The van der Waals surface area contributed by atoms with E-state index in [9.17, 15) is 4.79 Å². The number of benzene rings is 1. The lowest BCUT2D eigenvalue weighted by Crippen LogP contribution is -2.39. The molecule has 2 amide bonds. The molecule has 3 aliphatic rings. The minimum absolute atomic E-state index is 0.0764. The second kappa shape index (κ2) is 6.63. The third-order valence-electron chi connectivity index (χ3n) is 5.77. The standard InChI is InChI=1S/C20H23N5O3/c1-3-14-9-16(22-28-14)19-18-15(10-21-23(18)2)17-11-24(19)20(26)25(17)27-12-13-7-5-4-6-8-13/h4-8,10,14,17,19H,3,9,11-12H2,1-2H3/t14?,17-,19+/m0/s1. The van der Waals surface area contributed by atoms with Crippen molar-refractivity contribution in [1.29, 1.82) is 0 Å². The number of urea groups is 1. The van der Waals surface area contributed by atoms with Crippen LogP contribution in [-0.2, 0) is 23.3 Å². The van der Waals surface area contributed by atoms with E-state index in [1.807, 2.05) is 53.2 Å². The van der Waals surface area contributed by atoms with E-state index in [2.05, 4.69) is 17.2 Å². The van der Waals surface area contributed by atoms with Crippen molar-refractivity contribution < 1.29 is 14.5 Å². The van der Waals surface area contributed by atoms with Crippen LogP contribution >= 0.6 is 0 Å². The highest BCUT2D eigenvalue weighted by Crippen LogP contribution is 2.45. The second-order valence-electron chi connectivity index (χ2n) is 7.47. The van der Waals surface area contributed by atoms with Gasteiger partial charge in [-0.3, -0.25) is 9.52 Å². The van der Waals surface area contributed by atoms with Crippen LogP contribution in [-0.4, -0.2) is 44.1 Å². The number of amides is 2. The van der Waals surface area contributed by atoms with Crippen LogP contribution in [0.4, 0.5) is 4.79 Å². The lowest BCUT2D eigenvalue weighted by Gasteiger charge is -2.30. The first-order valence-corrected chi connectivity index (χ1v) is 9.68. The average Bonchev–Trinajstić information content (AvgIpc) is 3.41. The van der Waals surface area contributed by atoms with E-state index in [0.717, 1.165) is 35.4 Å². The molecule has 28 heavy (non-hydrogen) atoms. The lowest BCUT2D eigenvalue weighted by molar-refractivity contribution is -0.141. The molecule has 5 rings (SSSR count). The molecule has 0 aliphatic carbocycles. The topological polar surface area (TPSA) is 72.2 Å². The summed E-state index contributed by atoms with van der Waals surface area (Å²) in [5.74, 6) is 0. The van der Waals surface area contributed by atoms with Crippen LogP contribution in [0, 0.1) is 0 Å². The zero-order valence-electron chi connectivity index (χ0n) is 16.0. The second-order valence-corrected chi connectivity index (χ2v) is 7.47. The van der Waals surface area contributed by atoms with Gasteiger partial charge < -0.3 is 9.74 Å². The molecule has 2 bridgehead atoms. The summed E-state index contributed by atoms with van der Waals surface area (Å²) in [5, 5.41) is 10.3. The van der Waals surface area contributed by atoms with E-state index < -0.39 is 0 Å². The van der Waals surface area contributed by atoms with Gasteiger partial charge in [0.15, 0.2) is 0 Å². The predicted molar refractivity (Wildman–Crippen MR) is 101 cm³/mol. The Morgan fingerprint density at radius 1 is 1.29 bits per heavy atom. The average molecular weight is 381 g/mol. The molecular weight excluding hydrogens is 358 g/mol. The molecule has 1 fully saturated rings. The molecule has 0 spiro atoms. The van der Waals surface area contributed by atoms with Gasteiger partial charge in [-0.2, -0.15) is 10.2 Å². The van der Waals surface area contributed by atoms with E-state index in [4.69, 9.17) is 9.68 Å². The van der Waals surface area contributed by atoms with Crippen LogP contribution in [0.25, 0.3) is 0 Å². The van der Waals surface area contributed by atoms with Crippen molar-refractivity contribution in [2.45, 2.75) is 44.6 Å². The summed E-state index contributed by atoms with van der Waals surface area (Å²) < 4.78 is 1.84. The first-order valence-electron chi connectivity index (χ1n) is 9.68. The summed E-state index contributed by atoms with van der Waals surface area (Å²) in [6.45, 7) is 2.99. The van der Waals surface area contributed by atoms with Crippen molar-refractivity contribution in [3.05, 3.63) is 53.3 Å². The van der Waals surface area contributed by atoms with E-state index in [1.165, 1.54) is 5.06 Å². The van der Waals surface area contributed by atoms with E-state index in [0.29, 0.717) is 13.2 Å². The number of hydrogen-bond acceptors (Lipinski definition) is 5. The molecular formula is C20H23N5O3. The number of aryl methyl sites for hydroxylation is 1. The summed E-state index contributed by atoms with van der Waals surface area (Å²) in [6, 6.07) is 9.30. The van der Waals surface area contributed by atoms with Crippen molar-refractivity contribution in [2.75, 3.05) is 6.54 Å². The molecule has 0 saturated carbocycles. The molecule has 4 heterocycles. The number of carbonyl (C=O) groups excluding carboxylic acids is 1. The Morgan fingerprint density at radius 2 is 2.11 bits per heavy atom. The smallest absolute Gasteiger partial charge is 0.345 e.